The topological polar surface area (TPSA) is 43.3 Å². The molecule has 4 rings (SSSR count). The number of benzene rings is 3. The summed E-state index contributed by atoms with van der Waals surface area (Å²) in [6.07, 6.45) is 5.41. The quantitative estimate of drug-likeness (QED) is 0.108. The summed E-state index contributed by atoms with van der Waals surface area (Å²) in [6, 6.07) is 22.5. The maximum absolute atomic E-state index is 13.3. The fourth-order valence-corrected chi connectivity index (χ4v) is 11.4. The zero-order valence-electron chi connectivity index (χ0n) is 24.2. The number of para-hydroxylation sites is 1. The molecular weight excluding hydrogens is 631 g/mol. The number of amides is 1. The Morgan fingerprint density at radius 2 is 1.88 bits per heavy atom. The number of nitrogens with one attached hydrogen (secondary N) is 1. The van der Waals surface area contributed by atoms with Gasteiger partial charge in [-0.2, -0.15) is 0 Å². The number of hydrogen-bond donors (Lipinski definition) is 1. The van der Waals surface area contributed by atoms with Crippen molar-refractivity contribution >= 4 is 48.2 Å². The number of ether oxygens (including phenoxy) is 1. The Kier molecular flexibility index (Phi) is 11.4. The molecule has 0 saturated carbocycles. The van der Waals surface area contributed by atoms with Gasteiger partial charge >= 0.3 is 240 Å². The van der Waals surface area contributed by atoms with Crippen molar-refractivity contribution in [1.29, 1.82) is 0 Å². The molecule has 0 saturated heterocycles. The molecule has 1 N–H and O–H groups in total. The second-order valence-corrected chi connectivity index (χ2v) is 17.5. The summed E-state index contributed by atoms with van der Waals surface area (Å²) >= 11 is 5.37. The molecule has 40 heavy (non-hydrogen) atoms. The molecule has 0 fully saturated rings. The number of alkyl halides is 3. The molecule has 1 amide bonds. The fraction of sp³-hybridized carbons (Fsp3) is 0.382. The van der Waals surface area contributed by atoms with Crippen LogP contribution in [0.5, 0.6) is 5.75 Å². The van der Waals surface area contributed by atoms with Gasteiger partial charge in [-0.25, -0.2) is 0 Å². The SMILES string of the molecule is CCC(Cc1ccccc1Cl)CI(CC)CCCn1cc(C(=O)NCc2cccc(C)c2)c2cccc(OC)c21. The van der Waals surface area contributed by atoms with E-state index >= 15 is 0 Å². The van der Waals surface area contributed by atoms with Gasteiger partial charge in [0.25, 0.3) is 0 Å². The number of methoxy groups -OCH3 is 1. The molecular formula is C34H42ClIN2O2. The summed E-state index contributed by atoms with van der Waals surface area (Å²) in [6.45, 7) is 8.15. The van der Waals surface area contributed by atoms with E-state index in [0.29, 0.717) is 18.0 Å². The van der Waals surface area contributed by atoms with Crippen LogP contribution in [0.1, 0.15) is 53.7 Å². The maximum atomic E-state index is 13.3. The first-order chi connectivity index (χ1) is 19.4. The van der Waals surface area contributed by atoms with E-state index in [-0.39, 0.29) is 5.91 Å². The summed E-state index contributed by atoms with van der Waals surface area (Å²) in [5.41, 5.74) is 5.29. The summed E-state index contributed by atoms with van der Waals surface area (Å²) in [7, 11) is 1.70. The van der Waals surface area contributed by atoms with Crippen molar-refractivity contribution in [3.63, 3.8) is 0 Å². The first-order valence-corrected chi connectivity index (χ1v) is 19.2. The zero-order chi connectivity index (χ0) is 28.5. The first kappa shape index (κ1) is 30.4. The minimum absolute atomic E-state index is 0.0501. The molecule has 3 aromatic carbocycles. The molecule has 1 aromatic heterocycles. The minimum atomic E-state index is -1.10. The second kappa shape index (κ2) is 14.9. The number of hydrogen-bond acceptors (Lipinski definition) is 2. The van der Waals surface area contributed by atoms with Gasteiger partial charge in [0.15, 0.2) is 0 Å². The predicted molar refractivity (Wildman–Crippen MR) is 179 cm³/mol. The average Bonchev–Trinajstić information content (AvgIpc) is 3.34. The van der Waals surface area contributed by atoms with Crippen LogP contribution in [0, 0.1) is 12.8 Å². The van der Waals surface area contributed by atoms with Crippen LogP contribution in [0.25, 0.3) is 10.9 Å². The number of carbonyl (C=O) groups is 1. The second-order valence-electron chi connectivity index (χ2n) is 10.4. The molecule has 4 nitrogen and oxygen atoms in total. The summed E-state index contributed by atoms with van der Waals surface area (Å²) < 4.78 is 12.0. The molecule has 1 heterocycles. The van der Waals surface area contributed by atoms with Crippen molar-refractivity contribution in [1.82, 2.24) is 9.88 Å². The van der Waals surface area contributed by atoms with Crippen molar-refractivity contribution in [2.75, 3.05) is 20.4 Å². The van der Waals surface area contributed by atoms with Gasteiger partial charge in [0.1, 0.15) is 0 Å². The molecule has 6 heteroatoms. The standard InChI is InChI=1S/C34H42ClIN2O2/c1-5-26(21-28-14-7-8-16-31(28)35)22-36(6-2)18-11-19-38-24-30(29-15-10-17-32(40-4)33(29)38)34(39)37-23-27-13-9-12-25(3)20-27/h7-10,12-17,20,24,26H,5-6,11,18-19,21-23H2,1-4H3,(H,37,39). The van der Waals surface area contributed by atoms with Crippen LogP contribution in [0.3, 0.4) is 0 Å². The van der Waals surface area contributed by atoms with Crippen LogP contribution < -0.4 is 10.1 Å². The average molecular weight is 673 g/mol. The van der Waals surface area contributed by atoms with E-state index in [4.69, 9.17) is 16.3 Å². The molecule has 0 aliphatic heterocycles. The molecule has 4 aromatic rings. The molecule has 0 aliphatic rings. The van der Waals surface area contributed by atoms with E-state index in [2.05, 4.69) is 54.9 Å². The van der Waals surface area contributed by atoms with E-state index in [1.165, 1.54) is 30.8 Å². The Balaban J connectivity index is 1.43. The summed E-state index contributed by atoms with van der Waals surface area (Å²) in [5.74, 6) is 1.46. The third-order valence-electron chi connectivity index (χ3n) is 7.52. The molecule has 0 aliphatic carbocycles. The Bertz CT molecular complexity index is 1420. The normalized spacial score (nSPS) is 12.4. The van der Waals surface area contributed by atoms with Gasteiger partial charge in [-0.05, 0) is 6.92 Å². The van der Waals surface area contributed by atoms with Gasteiger partial charge < -0.3 is 0 Å². The molecule has 214 valence electrons. The predicted octanol–water partition coefficient (Wildman–Crippen LogP) is 8.73. The third kappa shape index (κ3) is 7.82. The number of aromatic nitrogens is 1. The van der Waals surface area contributed by atoms with Crippen LogP contribution in [0.2, 0.25) is 5.02 Å². The van der Waals surface area contributed by atoms with Crippen molar-refractivity contribution < 1.29 is 9.53 Å². The molecule has 0 bridgehead atoms. The van der Waals surface area contributed by atoms with Crippen molar-refractivity contribution in [3.8, 4) is 5.75 Å². The van der Waals surface area contributed by atoms with Gasteiger partial charge in [0.05, 0.1) is 0 Å². The van der Waals surface area contributed by atoms with Crippen LogP contribution in [0.4, 0.5) is 0 Å². The monoisotopic (exact) mass is 672 g/mol. The van der Waals surface area contributed by atoms with E-state index in [1.54, 1.807) is 7.11 Å². The van der Waals surface area contributed by atoms with E-state index in [1.807, 2.05) is 48.7 Å². The van der Waals surface area contributed by atoms with Gasteiger partial charge in [-0.3, -0.25) is 0 Å². The van der Waals surface area contributed by atoms with E-state index < -0.39 is 19.8 Å². The van der Waals surface area contributed by atoms with Gasteiger partial charge in [0, 0.05) is 0 Å². The van der Waals surface area contributed by atoms with Crippen LogP contribution in [-0.2, 0) is 19.5 Å². The molecule has 1 atom stereocenters. The van der Waals surface area contributed by atoms with Crippen LogP contribution in [0.15, 0.2) is 72.9 Å². The van der Waals surface area contributed by atoms with Crippen molar-refractivity contribution in [2.45, 2.75) is 53.1 Å². The first-order valence-electron chi connectivity index (χ1n) is 14.2. The molecule has 0 spiro atoms. The van der Waals surface area contributed by atoms with E-state index in [0.717, 1.165) is 46.6 Å². The van der Waals surface area contributed by atoms with Crippen LogP contribution >= 0.6 is 31.4 Å². The molecule has 0 radical (unpaired) electrons. The van der Waals surface area contributed by atoms with Crippen LogP contribution in [-0.4, -0.2) is 30.9 Å². The number of carbonyl (C=O) groups excluding carboxylic acids is 1. The molecule has 1 unspecified atom stereocenters. The van der Waals surface area contributed by atoms with Crippen molar-refractivity contribution in [3.05, 3.63) is 100 Å². The Morgan fingerprint density at radius 3 is 2.60 bits per heavy atom. The van der Waals surface area contributed by atoms with Gasteiger partial charge in [-0.15, -0.1) is 0 Å². The Morgan fingerprint density at radius 1 is 1.07 bits per heavy atom. The van der Waals surface area contributed by atoms with Gasteiger partial charge in [-0.1, -0.05) is 6.07 Å². The summed E-state index contributed by atoms with van der Waals surface area (Å²) in [5, 5.41) is 4.96. The number of nitrogens with zero attached hydrogens (tertiary/aromatic N) is 1. The number of halogens is 2. The zero-order valence-corrected chi connectivity index (χ0v) is 27.1. The summed E-state index contributed by atoms with van der Waals surface area (Å²) in [4.78, 5) is 13.3. The number of aryl methyl sites for hydroxylation is 2. The van der Waals surface area contributed by atoms with Gasteiger partial charge in [0.2, 0.25) is 0 Å². The Hall–Kier alpha value is -2.51. The number of fused-ring (bicyclic) bond motifs is 1. The fourth-order valence-electron chi connectivity index (χ4n) is 5.28. The van der Waals surface area contributed by atoms with E-state index in [9.17, 15) is 4.79 Å². The number of rotatable bonds is 14. The third-order valence-corrected chi connectivity index (χ3v) is 14.8. The van der Waals surface area contributed by atoms with Crippen molar-refractivity contribution in [2.24, 2.45) is 5.92 Å². The Labute approximate surface area is 251 Å².